The van der Waals surface area contributed by atoms with Crippen molar-refractivity contribution in [2.75, 3.05) is 0 Å². The number of tetrazole rings is 1. The molecule has 9 nitrogen and oxygen atoms in total. The molecule has 0 radical (unpaired) electrons. The van der Waals surface area contributed by atoms with Crippen molar-refractivity contribution >= 4 is 16.7 Å². The predicted octanol–water partition coefficient (Wildman–Crippen LogP) is -1.45. The molecule has 9 heteroatoms. The highest BCUT2D eigenvalue weighted by atomic mass is 16.2. The molecule has 0 aliphatic carbocycles. The maximum absolute atomic E-state index is 12.1. The molecule has 3 rings (SSSR count). The summed E-state index contributed by atoms with van der Waals surface area (Å²) in [5.74, 6) is 0. The maximum Gasteiger partial charge on any atom is 0.332 e. The smallest absolute Gasteiger partial charge is 0.280 e. The molecule has 0 spiro atoms. The van der Waals surface area contributed by atoms with Gasteiger partial charge in [0, 0.05) is 14.1 Å². The lowest BCUT2D eigenvalue weighted by Gasteiger charge is -2.08. The standard InChI is InChI=1S/C10H7N7O2/c1-15-8-6(9(18)16(2)10(15)19)3-5(4-11)7-12-13-14-17(7)8/h3H,1-2H3. The third-order valence-corrected chi connectivity index (χ3v) is 2.99. The molecule has 3 heterocycles. The number of rotatable bonds is 0. The van der Waals surface area contributed by atoms with Crippen LogP contribution < -0.4 is 11.2 Å². The van der Waals surface area contributed by atoms with Crippen molar-refractivity contribution in [3.8, 4) is 6.07 Å². The summed E-state index contributed by atoms with van der Waals surface area (Å²) in [6.45, 7) is 0. The summed E-state index contributed by atoms with van der Waals surface area (Å²) in [7, 11) is 2.89. The Morgan fingerprint density at radius 3 is 2.68 bits per heavy atom. The van der Waals surface area contributed by atoms with Crippen LogP contribution in [0.1, 0.15) is 5.56 Å². The lowest BCUT2D eigenvalue weighted by atomic mass is 10.2. The van der Waals surface area contributed by atoms with Gasteiger partial charge in [-0.2, -0.15) is 9.78 Å². The number of nitriles is 1. The van der Waals surface area contributed by atoms with E-state index in [4.69, 9.17) is 5.26 Å². The minimum Gasteiger partial charge on any atom is -0.280 e. The number of aryl methyl sites for hydroxylation is 1. The van der Waals surface area contributed by atoms with Gasteiger partial charge in [-0.3, -0.25) is 13.9 Å². The van der Waals surface area contributed by atoms with Crippen LogP contribution in [0, 0.1) is 11.3 Å². The van der Waals surface area contributed by atoms with Gasteiger partial charge in [0.05, 0.1) is 10.9 Å². The van der Waals surface area contributed by atoms with Crippen molar-refractivity contribution in [2.45, 2.75) is 0 Å². The van der Waals surface area contributed by atoms with Gasteiger partial charge in [0.25, 0.3) is 5.56 Å². The topological polar surface area (TPSA) is 111 Å². The monoisotopic (exact) mass is 257 g/mol. The third kappa shape index (κ3) is 1.25. The van der Waals surface area contributed by atoms with Crippen LogP contribution >= 0.6 is 0 Å². The minimum absolute atomic E-state index is 0.174. The normalized spacial score (nSPS) is 11.0. The zero-order valence-corrected chi connectivity index (χ0v) is 10.0. The summed E-state index contributed by atoms with van der Waals surface area (Å²) < 4.78 is 3.46. The Balaban J connectivity index is 2.80. The van der Waals surface area contributed by atoms with Crippen LogP contribution in [0.15, 0.2) is 15.7 Å². The molecule has 0 N–H and O–H groups in total. The zero-order valence-electron chi connectivity index (χ0n) is 10.0. The first-order valence-electron chi connectivity index (χ1n) is 5.27. The molecule has 19 heavy (non-hydrogen) atoms. The minimum atomic E-state index is -0.494. The molecule has 0 aliphatic rings. The molecular weight excluding hydrogens is 250 g/mol. The van der Waals surface area contributed by atoms with Gasteiger partial charge in [-0.15, -0.1) is 5.10 Å². The van der Waals surface area contributed by atoms with Gasteiger partial charge in [-0.1, -0.05) is 0 Å². The van der Waals surface area contributed by atoms with E-state index in [9.17, 15) is 9.59 Å². The van der Waals surface area contributed by atoms with Crippen LogP contribution in [0.2, 0.25) is 0 Å². The van der Waals surface area contributed by atoms with E-state index in [1.165, 1.54) is 29.2 Å². The number of hydrogen-bond acceptors (Lipinski definition) is 6. The van der Waals surface area contributed by atoms with Gasteiger partial charge < -0.3 is 0 Å². The van der Waals surface area contributed by atoms with Crippen LogP contribution in [0.5, 0.6) is 0 Å². The van der Waals surface area contributed by atoms with Crippen LogP contribution in [0.3, 0.4) is 0 Å². The highest BCUT2D eigenvalue weighted by Gasteiger charge is 2.16. The fourth-order valence-corrected chi connectivity index (χ4v) is 2.03. The second-order valence-corrected chi connectivity index (χ2v) is 4.03. The van der Waals surface area contributed by atoms with E-state index in [1.54, 1.807) is 0 Å². The Morgan fingerprint density at radius 2 is 2.00 bits per heavy atom. The number of pyridine rings is 1. The molecular formula is C10H7N7O2. The number of hydrogen-bond donors (Lipinski definition) is 0. The summed E-state index contributed by atoms with van der Waals surface area (Å²) in [6, 6.07) is 3.32. The summed E-state index contributed by atoms with van der Waals surface area (Å²) >= 11 is 0. The Kier molecular flexibility index (Phi) is 2.04. The van der Waals surface area contributed by atoms with Gasteiger partial charge in [0.2, 0.25) is 0 Å². The molecule has 0 atom stereocenters. The van der Waals surface area contributed by atoms with Crippen LogP contribution in [-0.4, -0.2) is 29.2 Å². The first-order chi connectivity index (χ1) is 9.06. The van der Waals surface area contributed by atoms with Gasteiger partial charge in [-0.05, 0) is 16.5 Å². The zero-order chi connectivity index (χ0) is 13.7. The van der Waals surface area contributed by atoms with E-state index in [1.807, 2.05) is 6.07 Å². The summed E-state index contributed by atoms with van der Waals surface area (Å²) in [5.41, 5.74) is -0.343. The molecule has 0 unspecified atom stereocenters. The predicted molar refractivity (Wildman–Crippen MR) is 63.5 cm³/mol. The fraction of sp³-hybridized carbons (Fsp3) is 0.200. The molecule has 0 amide bonds. The van der Waals surface area contributed by atoms with Crippen molar-refractivity contribution in [3.63, 3.8) is 0 Å². The Morgan fingerprint density at radius 1 is 1.26 bits per heavy atom. The molecule has 0 saturated heterocycles. The maximum atomic E-state index is 12.1. The van der Waals surface area contributed by atoms with Crippen molar-refractivity contribution in [3.05, 3.63) is 32.5 Å². The third-order valence-electron chi connectivity index (χ3n) is 2.99. The van der Waals surface area contributed by atoms with Gasteiger partial charge >= 0.3 is 5.69 Å². The SMILES string of the molecule is Cn1c(=O)c2cc(C#N)c3nnnn3c2n(C)c1=O. The van der Waals surface area contributed by atoms with Crippen molar-refractivity contribution in [1.82, 2.24) is 29.2 Å². The first kappa shape index (κ1) is 11.1. The van der Waals surface area contributed by atoms with Gasteiger partial charge in [-0.25, -0.2) is 4.79 Å². The summed E-state index contributed by atoms with van der Waals surface area (Å²) in [4.78, 5) is 24.0. The Hall–Kier alpha value is -3.02. The van der Waals surface area contributed by atoms with Crippen LogP contribution in [0.25, 0.3) is 16.7 Å². The first-order valence-corrected chi connectivity index (χ1v) is 5.27. The lowest BCUT2D eigenvalue weighted by Crippen LogP contribution is -2.37. The van der Waals surface area contributed by atoms with E-state index in [2.05, 4.69) is 15.5 Å². The van der Waals surface area contributed by atoms with Crippen molar-refractivity contribution in [2.24, 2.45) is 14.1 Å². The molecule has 0 saturated carbocycles. The number of nitrogens with zero attached hydrogens (tertiary/aromatic N) is 7. The van der Waals surface area contributed by atoms with Crippen LogP contribution in [-0.2, 0) is 14.1 Å². The highest BCUT2D eigenvalue weighted by Crippen LogP contribution is 2.13. The van der Waals surface area contributed by atoms with E-state index in [-0.39, 0.29) is 22.2 Å². The fourth-order valence-electron chi connectivity index (χ4n) is 2.03. The molecule has 0 aromatic carbocycles. The summed E-state index contributed by atoms with van der Waals surface area (Å²) in [5, 5.41) is 20.2. The second kappa shape index (κ2) is 3.49. The van der Waals surface area contributed by atoms with E-state index in [0.29, 0.717) is 0 Å². The van der Waals surface area contributed by atoms with Gasteiger partial charge in [0.15, 0.2) is 11.3 Å². The number of fused-ring (bicyclic) bond motifs is 3. The molecule has 94 valence electrons. The van der Waals surface area contributed by atoms with Gasteiger partial charge in [0.1, 0.15) is 6.07 Å². The molecule has 3 aromatic rings. The molecule has 3 aromatic heterocycles. The Labute approximate surface area is 104 Å². The van der Waals surface area contributed by atoms with Crippen molar-refractivity contribution in [1.29, 1.82) is 5.26 Å². The van der Waals surface area contributed by atoms with E-state index < -0.39 is 11.2 Å². The molecule has 0 fully saturated rings. The largest absolute Gasteiger partial charge is 0.332 e. The van der Waals surface area contributed by atoms with Crippen molar-refractivity contribution < 1.29 is 0 Å². The quantitative estimate of drug-likeness (QED) is 0.487. The number of aromatic nitrogens is 6. The average Bonchev–Trinajstić information content (AvgIpc) is 2.90. The highest BCUT2D eigenvalue weighted by molar-refractivity contribution is 5.80. The lowest BCUT2D eigenvalue weighted by molar-refractivity contribution is 0.694. The van der Waals surface area contributed by atoms with Crippen LogP contribution in [0.4, 0.5) is 0 Å². The Bertz CT molecular complexity index is 985. The van der Waals surface area contributed by atoms with E-state index in [0.717, 1.165) is 4.57 Å². The molecule has 0 bridgehead atoms. The molecule has 0 aliphatic heterocycles. The summed E-state index contributed by atoms with van der Waals surface area (Å²) in [6.07, 6.45) is 0. The van der Waals surface area contributed by atoms with E-state index >= 15 is 0 Å². The average molecular weight is 257 g/mol. The second-order valence-electron chi connectivity index (χ2n) is 4.03.